The number of nitrogens with one attached hydrogen (secondary N) is 1. The number of benzene rings is 2. The van der Waals surface area contributed by atoms with Crippen LogP contribution in [-0.2, 0) is 0 Å². The number of H-pyrrole nitrogens is 1. The highest BCUT2D eigenvalue weighted by molar-refractivity contribution is 5.93. The van der Waals surface area contributed by atoms with Crippen molar-refractivity contribution in [1.29, 1.82) is 5.26 Å². The Labute approximate surface area is 111 Å². The van der Waals surface area contributed by atoms with Crippen molar-refractivity contribution in [2.75, 3.05) is 0 Å². The van der Waals surface area contributed by atoms with E-state index in [1.54, 1.807) is 0 Å². The monoisotopic (exact) mass is 244 g/mol. The normalized spacial score (nSPS) is 11.4. The van der Waals surface area contributed by atoms with Crippen LogP contribution in [0.2, 0.25) is 0 Å². The molecule has 3 aromatic rings. The lowest BCUT2D eigenvalue weighted by molar-refractivity contribution is 1.38. The minimum atomic E-state index is 0.660. The second kappa shape index (κ2) is 4.83. The second-order valence-electron chi connectivity index (χ2n) is 4.36. The fraction of sp³-hybridized carbons (Fsp3) is 0. The highest BCUT2D eigenvalue weighted by atomic mass is 14.7. The van der Waals surface area contributed by atoms with Gasteiger partial charge in [-0.3, -0.25) is 0 Å². The lowest BCUT2D eigenvalue weighted by atomic mass is 10.0. The van der Waals surface area contributed by atoms with Crippen molar-refractivity contribution in [2.24, 2.45) is 0 Å². The van der Waals surface area contributed by atoms with Gasteiger partial charge in [0.2, 0.25) is 0 Å². The summed E-state index contributed by atoms with van der Waals surface area (Å²) in [5.74, 6) is 0. The zero-order valence-corrected chi connectivity index (χ0v) is 10.3. The molecule has 1 aromatic heterocycles. The Kier molecular flexibility index (Phi) is 2.88. The number of aromatic amines is 1. The van der Waals surface area contributed by atoms with E-state index in [2.05, 4.69) is 23.2 Å². The molecule has 0 aliphatic rings. The van der Waals surface area contributed by atoms with Crippen LogP contribution >= 0.6 is 0 Å². The molecule has 0 saturated carbocycles. The Bertz CT molecular complexity index is 774. The molecule has 0 unspecified atom stereocenters. The molecule has 0 amide bonds. The Balaban J connectivity index is 2.10. The van der Waals surface area contributed by atoms with Crippen LogP contribution in [0.1, 0.15) is 11.3 Å². The summed E-state index contributed by atoms with van der Waals surface area (Å²) < 4.78 is 0. The topological polar surface area (TPSA) is 39.6 Å². The van der Waals surface area contributed by atoms with E-state index in [1.807, 2.05) is 54.7 Å². The summed E-state index contributed by atoms with van der Waals surface area (Å²) in [6, 6.07) is 20.4. The SMILES string of the molecule is N#CC(=Cc1ccc[nH]1)c1ccc2ccccc2c1. The summed E-state index contributed by atoms with van der Waals surface area (Å²) in [6.07, 6.45) is 3.71. The highest BCUT2D eigenvalue weighted by Gasteiger charge is 2.02. The Hall–Kier alpha value is -2.79. The van der Waals surface area contributed by atoms with Crippen molar-refractivity contribution in [1.82, 2.24) is 4.98 Å². The van der Waals surface area contributed by atoms with Gasteiger partial charge in [0.1, 0.15) is 0 Å². The lowest BCUT2D eigenvalue weighted by Gasteiger charge is -2.02. The van der Waals surface area contributed by atoms with Gasteiger partial charge in [-0.15, -0.1) is 0 Å². The molecule has 2 aromatic carbocycles. The predicted octanol–water partition coefficient (Wildman–Crippen LogP) is 4.23. The molecular weight excluding hydrogens is 232 g/mol. The number of nitriles is 1. The minimum Gasteiger partial charge on any atom is -0.362 e. The zero-order chi connectivity index (χ0) is 13.1. The molecular formula is C17H12N2. The summed E-state index contributed by atoms with van der Waals surface area (Å²) in [5.41, 5.74) is 2.54. The van der Waals surface area contributed by atoms with E-state index in [0.717, 1.165) is 16.6 Å². The number of rotatable bonds is 2. The van der Waals surface area contributed by atoms with Gasteiger partial charge in [0, 0.05) is 11.9 Å². The summed E-state index contributed by atoms with van der Waals surface area (Å²) in [6.45, 7) is 0. The molecule has 2 heteroatoms. The van der Waals surface area contributed by atoms with Crippen molar-refractivity contribution in [2.45, 2.75) is 0 Å². The maximum atomic E-state index is 9.32. The van der Waals surface area contributed by atoms with E-state index in [4.69, 9.17) is 0 Å². The number of hydrogen-bond donors (Lipinski definition) is 1. The first kappa shape index (κ1) is 11.3. The van der Waals surface area contributed by atoms with Crippen molar-refractivity contribution in [3.63, 3.8) is 0 Å². The number of allylic oxidation sites excluding steroid dienone is 1. The molecule has 0 aliphatic carbocycles. The third kappa shape index (κ3) is 2.27. The lowest BCUT2D eigenvalue weighted by Crippen LogP contribution is -1.83. The Morgan fingerprint density at radius 2 is 1.84 bits per heavy atom. The first-order valence-corrected chi connectivity index (χ1v) is 6.11. The summed E-state index contributed by atoms with van der Waals surface area (Å²) >= 11 is 0. The maximum Gasteiger partial charge on any atom is 0.0998 e. The molecule has 0 saturated heterocycles. The third-order valence-corrected chi connectivity index (χ3v) is 3.10. The first-order chi connectivity index (χ1) is 9.36. The van der Waals surface area contributed by atoms with Crippen molar-refractivity contribution >= 4 is 22.4 Å². The average molecular weight is 244 g/mol. The van der Waals surface area contributed by atoms with Crippen LogP contribution in [-0.4, -0.2) is 4.98 Å². The molecule has 0 atom stereocenters. The molecule has 90 valence electrons. The molecule has 0 bridgehead atoms. The smallest absolute Gasteiger partial charge is 0.0998 e. The fourth-order valence-electron chi connectivity index (χ4n) is 2.13. The number of aromatic nitrogens is 1. The van der Waals surface area contributed by atoms with Gasteiger partial charge in [-0.1, -0.05) is 36.4 Å². The first-order valence-electron chi connectivity index (χ1n) is 6.11. The molecule has 3 rings (SSSR count). The van der Waals surface area contributed by atoms with Crippen LogP contribution in [0.3, 0.4) is 0 Å². The standard InChI is InChI=1S/C17H12N2/c18-12-16(11-17-6-3-9-19-17)15-8-7-13-4-1-2-5-14(13)10-15/h1-11,19H. The maximum absolute atomic E-state index is 9.32. The van der Waals surface area contributed by atoms with Gasteiger partial charge in [-0.2, -0.15) is 5.26 Å². The van der Waals surface area contributed by atoms with Gasteiger partial charge in [-0.25, -0.2) is 0 Å². The van der Waals surface area contributed by atoms with E-state index in [0.29, 0.717) is 5.57 Å². The van der Waals surface area contributed by atoms with Gasteiger partial charge in [-0.05, 0) is 40.6 Å². The summed E-state index contributed by atoms with van der Waals surface area (Å²) in [4.78, 5) is 3.08. The van der Waals surface area contributed by atoms with E-state index >= 15 is 0 Å². The van der Waals surface area contributed by atoms with E-state index < -0.39 is 0 Å². The molecule has 0 aliphatic heterocycles. The minimum absolute atomic E-state index is 0.660. The van der Waals surface area contributed by atoms with E-state index in [9.17, 15) is 5.26 Å². The van der Waals surface area contributed by atoms with Gasteiger partial charge >= 0.3 is 0 Å². The van der Waals surface area contributed by atoms with Crippen LogP contribution in [0.25, 0.3) is 22.4 Å². The average Bonchev–Trinajstić information content (AvgIpc) is 2.97. The van der Waals surface area contributed by atoms with Crippen molar-refractivity contribution in [3.8, 4) is 6.07 Å². The van der Waals surface area contributed by atoms with Gasteiger partial charge in [0.25, 0.3) is 0 Å². The van der Waals surface area contributed by atoms with Crippen molar-refractivity contribution in [3.05, 3.63) is 72.1 Å². The van der Waals surface area contributed by atoms with Crippen molar-refractivity contribution < 1.29 is 0 Å². The second-order valence-corrected chi connectivity index (χ2v) is 4.36. The van der Waals surface area contributed by atoms with Gasteiger partial charge < -0.3 is 4.98 Å². The van der Waals surface area contributed by atoms with Gasteiger partial charge in [0.15, 0.2) is 0 Å². The van der Waals surface area contributed by atoms with Crippen LogP contribution in [0.15, 0.2) is 60.8 Å². The molecule has 0 fully saturated rings. The molecule has 1 heterocycles. The van der Waals surface area contributed by atoms with Crippen LogP contribution in [0.5, 0.6) is 0 Å². The predicted molar refractivity (Wildman–Crippen MR) is 78.2 cm³/mol. The number of nitrogens with zero attached hydrogens (tertiary/aromatic N) is 1. The van der Waals surface area contributed by atoms with Crippen LogP contribution < -0.4 is 0 Å². The summed E-state index contributed by atoms with van der Waals surface area (Å²) in [5, 5.41) is 11.6. The molecule has 0 radical (unpaired) electrons. The van der Waals surface area contributed by atoms with Gasteiger partial charge in [0.05, 0.1) is 11.6 Å². The highest BCUT2D eigenvalue weighted by Crippen LogP contribution is 2.22. The number of hydrogen-bond acceptors (Lipinski definition) is 1. The largest absolute Gasteiger partial charge is 0.362 e. The Morgan fingerprint density at radius 1 is 1.00 bits per heavy atom. The Morgan fingerprint density at radius 3 is 2.58 bits per heavy atom. The zero-order valence-electron chi connectivity index (χ0n) is 10.3. The van der Waals surface area contributed by atoms with Crippen LogP contribution in [0, 0.1) is 11.3 Å². The van der Waals surface area contributed by atoms with Crippen LogP contribution in [0.4, 0.5) is 0 Å². The molecule has 19 heavy (non-hydrogen) atoms. The van der Waals surface area contributed by atoms with E-state index in [1.165, 1.54) is 5.39 Å². The van der Waals surface area contributed by atoms with E-state index in [-0.39, 0.29) is 0 Å². The molecule has 1 N–H and O–H groups in total. The fourth-order valence-corrected chi connectivity index (χ4v) is 2.13. The third-order valence-electron chi connectivity index (χ3n) is 3.10. The quantitative estimate of drug-likeness (QED) is 0.673. The molecule has 2 nitrogen and oxygen atoms in total. The summed E-state index contributed by atoms with van der Waals surface area (Å²) in [7, 11) is 0. The number of fused-ring (bicyclic) bond motifs is 1. The molecule has 0 spiro atoms.